The van der Waals surface area contributed by atoms with E-state index in [4.69, 9.17) is 5.11 Å². The molecule has 1 atom stereocenters. The van der Waals surface area contributed by atoms with Gasteiger partial charge in [-0.2, -0.15) is 0 Å². The number of hydrogen-bond donors (Lipinski definition) is 3. The van der Waals surface area contributed by atoms with Gasteiger partial charge in [-0.25, -0.2) is 4.79 Å². The topological polar surface area (TPSA) is 78.4 Å². The molecular formula is C11H20N2O3. The van der Waals surface area contributed by atoms with Crippen molar-refractivity contribution < 1.29 is 14.7 Å². The number of nitrogens with one attached hydrogen (secondary N) is 2. The number of urea groups is 1. The van der Waals surface area contributed by atoms with Gasteiger partial charge >= 0.3 is 12.0 Å². The zero-order valence-electron chi connectivity index (χ0n) is 9.66. The Morgan fingerprint density at radius 2 is 2.00 bits per heavy atom. The molecule has 0 bridgehead atoms. The molecule has 0 aliphatic heterocycles. The summed E-state index contributed by atoms with van der Waals surface area (Å²) in [6.45, 7) is 6.27. The van der Waals surface area contributed by atoms with Crippen molar-refractivity contribution in [3.8, 4) is 0 Å². The Kier molecular flexibility index (Phi) is 7.93. The molecule has 92 valence electrons. The highest BCUT2D eigenvalue weighted by Crippen LogP contribution is 2.03. The number of carboxylic acids is 1. The number of carbonyl (C=O) groups excluding carboxylic acids is 1. The van der Waals surface area contributed by atoms with Crippen molar-refractivity contribution in [2.24, 2.45) is 5.92 Å². The molecule has 0 heterocycles. The van der Waals surface area contributed by atoms with Gasteiger partial charge in [-0.05, 0) is 19.3 Å². The molecule has 0 rings (SSSR count). The summed E-state index contributed by atoms with van der Waals surface area (Å²) in [5.41, 5.74) is 0. The molecule has 1 unspecified atom stereocenters. The summed E-state index contributed by atoms with van der Waals surface area (Å²) in [6, 6.07) is -0.218. The average Bonchev–Trinajstić information content (AvgIpc) is 2.24. The summed E-state index contributed by atoms with van der Waals surface area (Å²) in [5.74, 6) is -1.15. The van der Waals surface area contributed by atoms with Crippen molar-refractivity contribution in [3.63, 3.8) is 0 Å². The molecule has 0 aromatic rings. The van der Waals surface area contributed by atoms with Crippen LogP contribution in [0.25, 0.3) is 0 Å². The van der Waals surface area contributed by atoms with Crippen LogP contribution in [-0.4, -0.2) is 30.2 Å². The summed E-state index contributed by atoms with van der Waals surface area (Å²) in [7, 11) is 0. The maximum absolute atomic E-state index is 11.1. The van der Waals surface area contributed by atoms with Gasteiger partial charge in [0.1, 0.15) is 0 Å². The first-order valence-corrected chi connectivity index (χ1v) is 5.43. The van der Waals surface area contributed by atoms with Gasteiger partial charge in [-0.15, -0.1) is 6.58 Å². The molecule has 0 saturated heterocycles. The summed E-state index contributed by atoms with van der Waals surface area (Å²) in [6.07, 6.45) is 3.71. The minimum absolute atomic E-state index is 0.218. The van der Waals surface area contributed by atoms with Gasteiger partial charge in [0.15, 0.2) is 0 Å². The summed E-state index contributed by atoms with van der Waals surface area (Å²) >= 11 is 0. The molecule has 2 amide bonds. The lowest BCUT2D eigenvalue weighted by Crippen LogP contribution is -2.36. The Labute approximate surface area is 95.9 Å². The zero-order valence-corrected chi connectivity index (χ0v) is 9.66. The molecule has 0 saturated carbocycles. The number of rotatable bonds is 8. The highest BCUT2D eigenvalue weighted by Gasteiger charge is 2.09. The van der Waals surface area contributed by atoms with Crippen LogP contribution in [-0.2, 0) is 4.79 Å². The van der Waals surface area contributed by atoms with Crippen molar-refractivity contribution >= 4 is 12.0 Å². The van der Waals surface area contributed by atoms with Gasteiger partial charge < -0.3 is 15.7 Å². The van der Waals surface area contributed by atoms with Gasteiger partial charge in [-0.1, -0.05) is 13.0 Å². The van der Waals surface area contributed by atoms with E-state index in [0.29, 0.717) is 25.9 Å². The predicted octanol–water partition coefficient (Wildman–Crippen LogP) is 1.36. The van der Waals surface area contributed by atoms with E-state index in [0.717, 1.165) is 6.42 Å². The second-order valence-electron chi connectivity index (χ2n) is 3.64. The van der Waals surface area contributed by atoms with Crippen LogP contribution < -0.4 is 10.6 Å². The standard InChI is InChI=1S/C11H20N2O3/c1-3-4-7-12-11(16)13-8-5-6-9(2)10(14)15/h3,9H,1,4-8H2,2H3,(H,14,15)(H2,12,13,16). The fourth-order valence-corrected chi connectivity index (χ4v) is 1.08. The van der Waals surface area contributed by atoms with Crippen LogP contribution in [0.4, 0.5) is 4.79 Å². The molecule has 0 fully saturated rings. The lowest BCUT2D eigenvalue weighted by atomic mass is 10.1. The minimum atomic E-state index is -0.796. The summed E-state index contributed by atoms with van der Waals surface area (Å²) < 4.78 is 0. The SMILES string of the molecule is C=CCCNC(=O)NCCCC(C)C(=O)O. The molecule has 0 aliphatic carbocycles. The molecule has 16 heavy (non-hydrogen) atoms. The van der Waals surface area contributed by atoms with Gasteiger partial charge in [0, 0.05) is 13.1 Å². The second kappa shape index (κ2) is 8.76. The van der Waals surface area contributed by atoms with E-state index in [2.05, 4.69) is 17.2 Å². The monoisotopic (exact) mass is 228 g/mol. The third-order valence-corrected chi connectivity index (χ3v) is 2.16. The third kappa shape index (κ3) is 7.84. The smallest absolute Gasteiger partial charge is 0.314 e. The molecule has 0 spiro atoms. The number of hydrogen-bond acceptors (Lipinski definition) is 2. The number of amides is 2. The van der Waals surface area contributed by atoms with Crippen molar-refractivity contribution in [2.75, 3.05) is 13.1 Å². The van der Waals surface area contributed by atoms with Crippen LogP contribution >= 0.6 is 0 Å². The average molecular weight is 228 g/mol. The molecule has 5 heteroatoms. The third-order valence-electron chi connectivity index (χ3n) is 2.16. The lowest BCUT2D eigenvalue weighted by Gasteiger charge is -2.08. The van der Waals surface area contributed by atoms with Crippen LogP contribution in [0, 0.1) is 5.92 Å². The molecule has 0 aliphatic rings. The van der Waals surface area contributed by atoms with Gasteiger partial charge in [0.05, 0.1) is 5.92 Å². The van der Waals surface area contributed by atoms with E-state index in [1.165, 1.54) is 0 Å². The van der Waals surface area contributed by atoms with Gasteiger partial charge in [0.25, 0.3) is 0 Å². The number of carbonyl (C=O) groups is 2. The Morgan fingerprint density at radius 3 is 2.56 bits per heavy atom. The Bertz CT molecular complexity index is 241. The number of aliphatic carboxylic acids is 1. The first-order chi connectivity index (χ1) is 7.57. The van der Waals surface area contributed by atoms with Crippen LogP contribution in [0.2, 0.25) is 0 Å². The van der Waals surface area contributed by atoms with Crippen molar-refractivity contribution in [1.29, 1.82) is 0 Å². The maximum atomic E-state index is 11.1. The molecule has 0 aromatic carbocycles. The maximum Gasteiger partial charge on any atom is 0.314 e. The van der Waals surface area contributed by atoms with Crippen LogP contribution in [0.5, 0.6) is 0 Å². The number of carboxylic acid groups (broad SMARTS) is 1. The van der Waals surface area contributed by atoms with Crippen LogP contribution in [0.3, 0.4) is 0 Å². The zero-order chi connectivity index (χ0) is 12.4. The first kappa shape index (κ1) is 14.5. The van der Waals surface area contributed by atoms with E-state index in [9.17, 15) is 9.59 Å². The molecule has 3 N–H and O–H groups in total. The molecule has 5 nitrogen and oxygen atoms in total. The Balaban J connectivity index is 3.40. The van der Waals surface area contributed by atoms with E-state index >= 15 is 0 Å². The fraction of sp³-hybridized carbons (Fsp3) is 0.636. The summed E-state index contributed by atoms with van der Waals surface area (Å²) in [4.78, 5) is 21.6. The molecular weight excluding hydrogens is 208 g/mol. The molecule has 0 radical (unpaired) electrons. The van der Waals surface area contributed by atoms with Crippen molar-refractivity contribution in [3.05, 3.63) is 12.7 Å². The second-order valence-corrected chi connectivity index (χ2v) is 3.64. The van der Waals surface area contributed by atoms with E-state index < -0.39 is 5.97 Å². The van der Waals surface area contributed by atoms with Crippen molar-refractivity contribution in [2.45, 2.75) is 26.2 Å². The molecule has 0 aromatic heterocycles. The fourth-order valence-electron chi connectivity index (χ4n) is 1.08. The van der Waals surface area contributed by atoms with E-state index in [1.54, 1.807) is 13.0 Å². The van der Waals surface area contributed by atoms with Crippen LogP contribution in [0.15, 0.2) is 12.7 Å². The van der Waals surface area contributed by atoms with Crippen LogP contribution in [0.1, 0.15) is 26.2 Å². The normalized spacial score (nSPS) is 11.6. The quantitative estimate of drug-likeness (QED) is 0.433. The van der Waals surface area contributed by atoms with Gasteiger partial charge in [0.2, 0.25) is 0 Å². The van der Waals surface area contributed by atoms with Crippen molar-refractivity contribution in [1.82, 2.24) is 10.6 Å². The highest BCUT2D eigenvalue weighted by atomic mass is 16.4. The largest absolute Gasteiger partial charge is 0.481 e. The Morgan fingerprint density at radius 1 is 1.38 bits per heavy atom. The Hall–Kier alpha value is -1.52. The first-order valence-electron chi connectivity index (χ1n) is 5.43. The van der Waals surface area contributed by atoms with E-state index in [1.807, 2.05) is 0 Å². The van der Waals surface area contributed by atoms with Gasteiger partial charge in [-0.3, -0.25) is 4.79 Å². The van der Waals surface area contributed by atoms with E-state index in [-0.39, 0.29) is 11.9 Å². The highest BCUT2D eigenvalue weighted by molar-refractivity contribution is 5.73. The summed E-state index contributed by atoms with van der Waals surface area (Å²) in [5, 5.41) is 13.9. The minimum Gasteiger partial charge on any atom is -0.481 e. The lowest BCUT2D eigenvalue weighted by molar-refractivity contribution is -0.141. The predicted molar refractivity (Wildman–Crippen MR) is 62.2 cm³/mol.